The fraction of sp³-hybridized carbons (Fsp3) is 0.533. The predicted molar refractivity (Wildman–Crippen MR) is 81.2 cm³/mol. The lowest BCUT2D eigenvalue weighted by Crippen LogP contribution is -2.44. The molecule has 1 atom stereocenters. The van der Waals surface area contributed by atoms with Gasteiger partial charge in [0, 0.05) is 23.2 Å². The number of amides is 1. The Morgan fingerprint density at radius 3 is 2.79 bits per heavy atom. The van der Waals surface area contributed by atoms with Gasteiger partial charge in [0.15, 0.2) is 0 Å². The quantitative estimate of drug-likeness (QED) is 0.680. The van der Waals surface area contributed by atoms with Crippen molar-refractivity contribution < 1.29 is 4.79 Å². The van der Waals surface area contributed by atoms with Gasteiger partial charge in [-0.15, -0.1) is 11.8 Å². The Bertz CT molecular complexity index is 419. The van der Waals surface area contributed by atoms with Crippen molar-refractivity contribution in [2.24, 2.45) is 0 Å². The second-order valence-electron chi connectivity index (χ2n) is 5.00. The molecule has 1 aliphatic rings. The van der Waals surface area contributed by atoms with Crippen LogP contribution < -0.4 is 5.73 Å². The van der Waals surface area contributed by atoms with E-state index in [1.165, 1.54) is 6.42 Å². The molecule has 1 aromatic carbocycles. The molecule has 104 valence electrons. The number of benzene rings is 1. The van der Waals surface area contributed by atoms with Crippen LogP contribution in [0.3, 0.4) is 0 Å². The summed E-state index contributed by atoms with van der Waals surface area (Å²) in [5.74, 6) is 0.800. The van der Waals surface area contributed by atoms with Crippen molar-refractivity contribution in [3.8, 4) is 0 Å². The van der Waals surface area contributed by atoms with Gasteiger partial charge in [-0.25, -0.2) is 0 Å². The lowest BCUT2D eigenvalue weighted by Gasteiger charge is -2.35. The number of thioether (sulfide) groups is 1. The topological polar surface area (TPSA) is 46.3 Å². The van der Waals surface area contributed by atoms with Gasteiger partial charge < -0.3 is 10.6 Å². The summed E-state index contributed by atoms with van der Waals surface area (Å²) in [6.45, 7) is 3.10. The minimum absolute atomic E-state index is 0.272. The van der Waals surface area contributed by atoms with Gasteiger partial charge >= 0.3 is 0 Å². The first-order chi connectivity index (χ1) is 9.20. The molecule has 1 amide bonds. The van der Waals surface area contributed by atoms with E-state index in [1.807, 2.05) is 24.3 Å². The number of hydrogen-bond donors (Lipinski definition) is 1. The molecule has 19 heavy (non-hydrogen) atoms. The molecule has 4 heteroatoms. The zero-order chi connectivity index (χ0) is 13.7. The first-order valence-corrected chi connectivity index (χ1v) is 7.97. The number of anilines is 1. The summed E-state index contributed by atoms with van der Waals surface area (Å²) >= 11 is 1.60. The van der Waals surface area contributed by atoms with Crippen LogP contribution in [0.4, 0.5) is 5.69 Å². The molecule has 3 nitrogen and oxygen atoms in total. The fourth-order valence-corrected chi connectivity index (χ4v) is 3.33. The van der Waals surface area contributed by atoms with Crippen LogP contribution in [-0.2, 0) is 4.79 Å². The van der Waals surface area contributed by atoms with Crippen molar-refractivity contribution in [3.05, 3.63) is 24.3 Å². The molecular formula is C15H22N2OS. The Hall–Kier alpha value is -1.16. The summed E-state index contributed by atoms with van der Waals surface area (Å²) in [6.07, 6.45) is 4.63. The third kappa shape index (κ3) is 3.90. The van der Waals surface area contributed by atoms with Crippen molar-refractivity contribution in [1.29, 1.82) is 0 Å². The Morgan fingerprint density at radius 2 is 2.11 bits per heavy atom. The molecule has 1 heterocycles. The van der Waals surface area contributed by atoms with Crippen LogP contribution in [0.2, 0.25) is 0 Å². The number of hydrogen-bond acceptors (Lipinski definition) is 3. The van der Waals surface area contributed by atoms with Gasteiger partial charge in [0.1, 0.15) is 0 Å². The minimum Gasteiger partial charge on any atom is -0.399 e. The van der Waals surface area contributed by atoms with Crippen LogP contribution in [-0.4, -0.2) is 29.1 Å². The average Bonchev–Trinajstić information content (AvgIpc) is 2.46. The Kier molecular flexibility index (Phi) is 5.14. The highest BCUT2D eigenvalue weighted by molar-refractivity contribution is 8.00. The number of nitrogens with zero attached hydrogens (tertiary/aromatic N) is 1. The van der Waals surface area contributed by atoms with E-state index in [0.717, 1.165) is 36.4 Å². The van der Waals surface area contributed by atoms with Crippen molar-refractivity contribution >= 4 is 23.4 Å². The van der Waals surface area contributed by atoms with Crippen LogP contribution in [0.5, 0.6) is 0 Å². The number of carbonyl (C=O) groups excluding carboxylic acids is 1. The summed E-state index contributed by atoms with van der Waals surface area (Å²) < 4.78 is 0. The smallest absolute Gasteiger partial charge is 0.233 e. The van der Waals surface area contributed by atoms with Gasteiger partial charge in [-0.05, 0) is 49.9 Å². The zero-order valence-corrected chi connectivity index (χ0v) is 12.3. The second-order valence-corrected chi connectivity index (χ2v) is 6.05. The molecule has 1 saturated heterocycles. The molecule has 2 rings (SSSR count). The average molecular weight is 278 g/mol. The first kappa shape index (κ1) is 14.3. The summed E-state index contributed by atoms with van der Waals surface area (Å²) in [5.41, 5.74) is 6.41. The molecule has 1 aromatic rings. The zero-order valence-electron chi connectivity index (χ0n) is 11.5. The van der Waals surface area contributed by atoms with Gasteiger partial charge in [-0.2, -0.15) is 0 Å². The normalized spacial score (nSPS) is 19.4. The third-order valence-corrected chi connectivity index (χ3v) is 4.66. The summed E-state index contributed by atoms with van der Waals surface area (Å²) in [4.78, 5) is 15.5. The molecular weight excluding hydrogens is 256 g/mol. The molecule has 1 fully saturated rings. The largest absolute Gasteiger partial charge is 0.399 e. The van der Waals surface area contributed by atoms with Crippen LogP contribution >= 0.6 is 11.8 Å². The highest BCUT2D eigenvalue weighted by Gasteiger charge is 2.24. The number of rotatable bonds is 4. The second kappa shape index (κ2) is 6.85. The Labute approximate surface area is 119 Å². The number of likely N-dealkylation sites (tertiary alicyclic amines) is 1. The monoisotopic (exact) mass is 278 g/mol. The molecule has 0 spiro atoms. The highest BCUT2D eigenvalue weighted by atomic mass is 32.2. The van der Waals surface area contributed by atoms with Crippen LogP contribution in [0.15, 0.2) is 29.2 Å². The van der Waals surface area contributed by atoms with E-state index in [-0.39, 0.29) is 5.91 Å². The minimum atomic E-state index is 0.272. The third-order valence-electron chi connectivity index (χ3n) is 3.66. The fourth-order valence-electron chi connectivity index (χ4n) is 2.55. The maximum absolute atomic E-state index is 12.3. The highest BCUT2D eigenvalue weighted by Crippen LogP contribution is 2.23. The van der Waals surface area contributed by atoms with Crippen LogP contribution in [0.1, 0.15) is 32.6 Å². The number of nitrogens with two attached hydrogens (primary N) is 1. The summed E-state index contributed by atoms with van der Waals surface area (Å²) in [5, 5.41) is 0. The SMILES string of the molecule is CCC1CCCCN1C(=O)CSc1ccc(N)cc1. The van der Waals surface area contributed by atoms with Crippen molar-refractivity contribution in [1.82, 2.24) is 4.90 Å². The maximum atomic E-state index is 12.3. The molecule has 1 aliphatic heterocycles. The molecule has 1 unspecified atom stereocenters. The molecule has 0 saturated carbocycles. The number of carbonyl (C=O) groups is 1. The lowest BCUT2D eigenvalue weighted by atomic mass is 10.0. The van der Waals surface area contributed by atoms with Gasteiger partial charge in [0.25, 0.3) is 0 Å². The molecule has 0 radical (unpaired) electrons. The standard InChI is InChI=1S/C15H22N2OS/c1-2-13-5-3-4-10-17(13)15(18)11-19-14-8-6-12(16)7-9-14/h6-9,13H,2-5,10-11,16H2,1H3. The van der Waals surface area contributed by atoms with E-state index in [0.29, 0.717) is 11.8 Å². The van der Waals surface area contributed by atoms with Crippen molar-refractivity contribution in [2.45, 2.75) is 43.5 Å². The summed E-state index contributed by atoms with van der Waals surface area (Å²) in [7, 11) is 0. The molecule has 0 aromatic heterocycles. The number of nitrogen functional groups attached to an aromatic ring is 1. The maximum Gasteiger partial charge on any atom is 0.233 e. The predicted octanol–water partition coefficient (Wildman–Crippen LogP) is 3.15. The Balaban J connectivity index is 1.87. The van der Waals surface area contributed by atoms with E-state index in [2.05, 4.69) is 11.8 Å². The van der Waals surface area contributed by atoms with Crippen LogP contribution in [0.25, 0.3) is 0 Å². The lowest BCUT2D eigenvalue weighted by molar-refractivity contribution is -0.132. The Morgan fingerprint density at radius 1 is 1.37 bits per heavy atom. The van der Waals surface area contributed by atoms with Gasteiger partial charge in [-0.1, -0.05) is 6.92 Å². The van der Waals surface area contributed by atoms with Crippen LogP contribution in [0, 0.1) is 0 Å². The van der Waals surface area contributed by atoms with E-state index in [9.17, 15) is 4.79 Å². The molecule has 2 N–H and O–H groups in total. The molecule has 0 aliphatic carbocycles. The van der Waals surface area contributed by atoms with Gasteiger partial charge in [-0.3, -0.25) is 4.79 Å². The van der Waals surface area contributed by atoms with Crippen molar-refractivity contribution in [2.75, 3.05) is 18.0 Å². The van der Waals surface area contributed by atoms with Gasteiger partial charge in [0.2, 0.25) is 5.91 Å². The van der Waals surface area contributed by atoms with E-state index in [1.54, 1.807) is 11.8 Å². The van der Waals surface area contributed by atoms with E-state index in [4.69, 9.17) is 5.73 Å². The van der Waals surface area contributed by atoms with E-state index >= 15 is 0 Å². The van der Waals surface area contributed by atoms with Gasteiger partial charge in [0.05, 0.1) is 5.75 Å². The van der Waals surface area contributed by atoms with Crippen molar-refractivity contribution in [3.63, 3.8) is 0 Å². The number of piperidine rings is 1. The summed E-state index contributed by atoms with van der Waals surface area (Å²) in [6, 6.07) is 8.15. The van der Waals surface area contributed by atoms with E-state index < -0.39 is 0 Å². The molecule has 0 bridgehead atoms. The first-order valence-electron chi connectivity index (χ1n) is 6.98.